The summed E-state index contributed by atoms with van der Waals surface area (Å²) in [5.41, 5.74) is 1.86. The Morgan fingerprint density at radius 3 is 2.88 bits per heavy atom. The topological polar surface area (TPSA) is 27.0 Å². The number of nitriles is 1. The number of thioether (sulfide) groups is 1. The Labute approximate surface area is 115 Å². The molecule has 90 valence electrons. The molecule has 1 aromatic rings. The zero-order chi connectivity index (χ0) is 12.4. The normalized spacial score (nSPS) is 24.5. The molecular formula is C13H15BrN2S. The highest BCUT2D eigenvalue weighted by Gasteiger charge is 2.25. The summed E-state index contributed by atoms with van der Waals surface area (Å²) in [6, 6.07) is 8.65. The van der Waals surface area contributed by atoms with Crippen molar-refractivity contribution in [1.82, 2.24) is 0 Å². The molecule has 1 aliphatic heterocycles. The fraction of sp³-hybridized carbons (Fsp3) is 0.462. The van der Waals surface area contributed by atoms with Crippen molar-refractivity contribution >= 4 is 33.4 Å². The Hall–Kier alpha value is -0.660. The third kappa shape index (κ3) is 2.78. The molecule has 0 radical (unpaired) electrons. The fourth-order valence-electron chi connectivity index (χ4n) is 2.10. The van der Waals surface area contributed by atoms with Crippen LogP contribution in [0, 0.1) is 11.3 Å². The molecule has 0 spiro atoms. The Morgan fingerprint density at radius 1 is 1.41 bits per heavy atom. The number of hydrogen-bond donors (Lipinski definition) is 0. The molecule has 1 saturated heterocycles. The molecule has 17 heavy (non-hydrogen) atoms. The molecule has 0 N–H and O–H groups in total. The number of benzene rings is 1. The van der Waals surface area contributed by atoms with E-state index in [1.54, 1.807) is 0 Å². The van der Waals surface area contributed by atoms with Gasteiger partial charge >= 0.3 is 0 Å². The van der Waals surface area contributed by atoms with E-state index < -0.39 is 0 Å². The summed E-state index contributed by atoms with van der Waals surface area (Å²) in [5, 5.41) is 9.64. The van der Waals surface area contributed by atoms with E-state index in [0.717, 1.165) is 22.5 Å². The quantitative estimate of drug-likeness (QED) is 0.792. The SMILES string of the molecule is CC1SCCN(c2cc(Br)cc(C#N)c2)C1C. The van der Waals surface area contributed by atoms with Gasteiger partial charge in [0.05, 0.1) is 11.6 Å². The maximum Gasteiger partial charge on any atom is 0.0992 e. The zero-order valence-electron chi connectivity index (χ0n) is 9.98. The van der Waals surface area contributed by atoms with Crippen LogP contribution in [-0.2, 0) is 0 Å². The van der Waals surface area contributed by atoms with Gasteiger partial charge in [-0.2, -0.15) is 17.0 Å². The predicted octanol–water partition coefficient (Wildman–Crippen LogP) is 3.65. The molecular weight excluding hydrogens is 296 g/mol. The Balaban J connectivity index is 2.33. The maximum atomic E-state index is 9.01. The number of anilines is 1. The third-order valence-electron chi connectivity index (χ3n) is 3.23. The maximum absolute atomic E-state index is 9.01. The molecule has 2 unspecified atom stereocenters. The highest BCUT2D eigenvalue weighted by molar-refractivity contribution is 9.10. The molecule has 1 aliphatic rings. The average Bonchev–Trinajstić information content (AvgIpc) is 2.31. The van der Waals surface area contributed by atoms with Crippen LogP contribution in [0.1, 0.15) is 19.4 Å². The van der Waals surface area contributed by atoms with Crippen LogP contribution >= 0.6 is 27.7 Å². The highest BCUT2D eigenvalue weighted by atomic mass is 79.9. The van der Waals surface area contributed by atoms with Crippen LogP contribution in [-0.4, -0.2) is 23.6 Å². The monoisotopic (exact) mass is 310 g/mol. The van der Waals surface area contributed by atoms with Gasteiger partial charge in [0.25, 0.3) is 0 Å². The molecule has 1 aromatic carbocycles. The van der Waals surface area contributed by atoms with Crippen molar-refractivity contribution < 1.29 is 0 Å². The molecule has 2 rings (SSSR count). The fourth-order valence-corrected chi connectivity index (χ4v) is 3.68. The van der Waals surface area contributed by atoms with Gasteiger partial charge in [-0.1, -0.05) is 22.9 Å². The summed E-state index contributed by atoms with van der Waals surface area (Å²) < 4.78 is 0.977. The van der Waals surface area contributed by atoms with Gasteiger partial charge in [-0.25, -0.2) is 0 Å². The van der Waals surface area contributed by atoms with Crippen LogP contribution in [0.2, 0.25) is 0 Å². The lowest BCUT2D eigenvalue weighted by Gasteiger charge is -2.39. The number of rotatable bonds is 1. The van der Waals surface area contributed by atoms with Gasteiger partial charge in [0.1, 0.15) is 0 Å². The van der Waals surface area contributed by atoms with Gasteiger partial charge in [0.15, 0.2) is 0 Å². The van der Waals surface area contributed by atoms with E-state index >= 15 is 0 Å². The van der Waals surface area contributed by atoms with Crippen molar-refractivity contribution in [1.29, 1.82) is 5.26 Å². The first-order valence-corrected chi connectivity index (χ1v) is 7.55. The number of halogens is 1. The molecule has 0 saturated carbocycles. The van der Waals surface area contributed by atoms with Gasteiger partial charge in [0, 0.05) is 33.7 Å². The van der Waals surface area contributed by atoms with Crippen molar-refractivity contribution in [3.63, 3.8) is 0 Å². The molecule has 0 aliphatic carbocycles. The lowest BCUT2D eigenvalue weighted by molar-refractivity contribution is 0.627. The van der Waals surface area contributed by atoms with Crippen LogP contribution < -0.4 is 4.90 Å². The van der Waals surface area contributed by atoms with Crippen molar-refractivity contribution in [2.24, 2.45) is 0 Å². The molecule has 0 amide bonds. The number of nitrogens with zero attached hydrogens (tertiary/aromatic N) is 2. The number of hydrogen-bond acceptors (Lipinski definition) is 3. The van der Waals surface area contributed by atoms with E-state index in [1.807, 2.05) is 23.9 Å². The third-order valence-corrected chi connectivity index (χ3v) is 5.02. The standard InChI is InChI=1S/C13H15BrN2S/c1-9-10(2)17-4-3-16(9)13-6-11(8-15)5-12(14)7-13/h5-7,9-10H,3-4H2,1-2H3. The molecule has 2 nitrogen and oxygen atoms in total. The molecule has 0 aromatic heterocycles. The smallest absolute Gasteiger partial charge is 0.0992 e. The summed E-state index contributed by atoms with van der Waals surface area (Å²) in [7, 11) is 0. The predicted molar refractivity (Wildman–Crippen MR) is 77.6 cm³/mol. The summed E-state index contributed by atoms with van der Waals surface area (Å²) in [6.07, 6.45) is 0. The van der Waals surface area contributed by atoms with Crippen LogP contribution in [0.5, 0.6) is 0 Å². The van der Waals surface area contributed by atoms with Crippen LogP contribution in [0.3, 0.4) is 0 Å². The van der Waals surface area contributed by atoms with Gasteiger partial charge in [-0.15, -0.1) is 0 Å². The van der Waals surface area contributed by atoms with E-state index in [4.69, 9.17) is 5.26 Å². The average molecular weight is 311 g/mol. The van der Waals surface area contributed by atoms with Gasteiger partial charge in [0.2, 0.25) is 0 Å². The van der Waals surface area contributed by atoms with Gasteiger partial charge in [-0.3, -0.25) is 0 Å². The summed E-state index contributed by atoms with van der Waals surface area (Å²) in [4.78, 5) is 2.40. The van der Waals surface area contributed by atoms with Crippen molar-refractivity contribution in [2.45, 2.75) is 25.1 Å². The van der Waals surface area contributed by atoms with E-state index in [-0.39, 0.29) is 0 Å². The Morgan fingerprint density at radius 2 is 2.18 bits per heavy atom. The second kappa shape index (κ2) is 5.32. The summed E-state index contributed by atoms with van der Waals surface area (Å²) in [5.74, 6) is 1.15. The lowest BCUT2D eigenvalue weighted by Crippen LogP contribution is -2.44. The minimum atomic E-state index is 0.509. The highest BCUT2D eigenvalue weighted by Crippen LogP contribution is 2.31. The molecule has 4 heteroatoms. The van der Waals surface area contributed by atoms with E-state index in [1.165, 1.54) is 0 Å². The van der Waals surface area contributed by atoms with Crippen LogP contribution in [0.15, 0.2) is 22.7 Å². The first-order chi connectivity index (χ1) is 8.11. The van der Waals surface area contributed by atoms with Crippen LogP contribution in [0.4, 0.5) is 5.69 Å². The second-order valence-electron chi connectivity index (χ2n) is 4.32. The Kier molecular flexibility index (Phi) is 4.01. The minimum absolute atomic E-state index is 0.509. The second-order valence-corrected chi connectivity index (χ2v) is 6.72. The summed E-state index contributed by atoms with van der Waals surface area (Å²) in [6.45, 7) is 5.58. The van der Waals surface area contributed by atoms with Gasteiger partial charge in [-0.05, 0) is 25.1 Å². The first-order valence-electron chi connectivity index (χ1n) is 5.71. The van der Waals surface area contributed by atoms with Crippen molar-refractivity contribution in [3.05, 3.63) is 28.2 Å². The van der Waals surface area contributed by atoms with E-state index in [0.29, 0.717) is 16.9 Å². The molecule has 1 fully saturated rings. The van der Waals surface area contributed by atoms with E-state index in [2.05, 4.69) is 46.8 Å². The first kappa shape index (κ1) is 12.8. The van der Waals surface area contributed by atoms with E-state index in [9.17, 15) is 0 Å². The minimum Gasteiger partial charge on any atom is -0.367 e. The lowest BCUT2D eigenvalue weighted by atomic mass is 10.1. The van der Waals surface area contributed by atoms with Crippen LogP contribution in [0.25, 0.3) is 0 Å². The molecule has 2 atom stereocenters. The zero-order valence-corrected chi connectivity index (χ0v) is 12.4. The molecule has 0 bridgehead atoms. The largest absolute Gasteiger partial charge is 0.367 e. The summed E-state index contributed by atoms with van der Waals surface area (Å²) >= 11 is 5.49. The molecule has 1 heterocycles. The van der Waals surface area contributed by atoms with Crippen molar-refractivity contribution in [2.75, 3.05) is 17.2 Å². The van der Waals surface area contributed by atoms with Crippen molar-refractivity contribution in [3.8, 4) is 6.07 Å². The Bertz CT molecular complexity index is 455. The van der Waals surface area contributed by atoms with Gasteiger partial charge < -0.3 is 4.90 Å².